The first-order chi connectivity index (χ1) is 17.0. The summed E-state index contributed by atoms with van der Waals surface area (Å²) in [4.78, 5) is 45.2. The molecule has 4 aliphatic heterocycles. The second kappa shape index (κ2) is 6.89. The molecule has 4 atom stereocenters. The highest BCUT2D eigenvalue weighted by molar-refractivity contribution is 6.21. The number of carbonyl (C=O) groups excluding carboxylic acids is 3. The molecule has 2 fully saturated rings. The minimum atomic E-state index is -1.38. The molecule has 0 unspecified atom stereocenters. The van der Waals surface area contributed by atoms with Gasteiger partial charge in [0.25, 0.3) is 5.91 Å². The fourth-order valence-electron chi connectivity index (χ4n) is 7.43. The van der Waals surface area contributed by atoms with Crippen molar-refractivity contribution in [2.24, 2.45) is 5.92 Å². The van der Waals surface area contributed by atoms with Crippen LogP contribution in [-0.4, -0.2) is 35.1 Å². The number of Topliss-reactive ketones (excluding diaryl/α,β-unsaturated/α-hetero) is 1. The van der Waals surface area contributed by atoms with E-state index in [1.165, 1.54) is 0 Å². The van der Waals surface area contributed by atoms with Gasteiger partial charge in [-0.2, -0.15) is 0 Å². The lowest BCUT2D eigenvalue weighted by Crippen LogP contribution is -2.62. The maximum Gasteiger partial charge on any atom is 0.251 e. The molecule has 0 aromatic heterocycles. The lowest BCUT2D eigenvalue weighted by molar-refractivity contribution is -0.137. The Morgan fingerprint density at radius 3 is 2.23 bits per heavy atom. The average molecular weight is 464 g/mol. The third-order valence-electron chi connectivity index (χ3n) is 8.62. The van der Waals surface area contributed by atoms with Crippen LogP contribution in [0.1, 0.15) is 39.9 Å². The van der Waals surface area contributed by atoms with Crippen LogP contribution in [0, 0.1) is 12.8 Å². The molecule has 3 aromatic rings. The van der Waals surface area contributed by atoms with E-state index in [-0.39, 0.29) is 23.6 Å². The largest absolute Gasteiger partial charge is 0.325 e. The second-order valence-corrected chi connectivity index (χ2v) is 10.1. The number of aryl methyl sites for hydroxylation is 1. The van der Waals surface area contributed by atoms with Gasteiger partial charge in [0.1, 0.15) is 11.0 Å². The molecule has 2 spiro atoms. The summed E-state index contributed by atoms with van der Waals surface area (Å²) < 4.78 is 0. The van der Waals surface area contributed by atoms with Crippen molar-refractivity contribution in [1.82, 2.24) is 4.90 Å². The van der Waals surface area contributed by atoms with Crippen LogP contribution in [0.15, 0.2) is 72.8 Å². The van der Waals surface area contributed by atoms with Crippen LogP contribution in [0.4, 0.5) is 11.4 Å². The Balaban J connectivity index is 1.58. The van der Waals surface area contributed by atoms with Crippen molar-refractivity contribution in [3.05, 3.63) is 95.1 Å². The lowest BCUT2D eigenvalue weighted by atomic mass is 9.57. The van der Waals surface area contributed by atoms with E-state index < -0.39 is 16.9 Å². The number of hydrogen-bond acceptors (Lipinski definition) is 4. The molecule has 35 heavy (non-hydrogen) atoms. The average Bonchev–Trinajstić information content (AvgIpc) is 3.58. The van der Waals surface area contributed by atoms with E-state index in [0.29, 0.717) is 23.5 Å². The molecule has 6 heteroatoms. The van der Waals surface area contributed by atoms with Crippen LogP contribution >= 0.6 is 0 Å². The maximum atomic E-state index is 14.4. The third-order valence-corrected chi connectivity index (χ3v) is 8.62. The molecule has 2 amide bonds. The quantitative estimate of drug-likeness (QED) is 0.563. The fraction of sp³-hybridized carbons (Fsp3) is 0.276. The molecule has 4 heterocycles. The van der Waals surface area contributed by atoms with Gasteiger partial charge in [0.15, 0.2) is 5.78 Å². The highest BCUT2D eigenvalue weighted by Gasteiger charge is 2.81. The minimum Gasteiger partial charge on any atom is -0.325 e. The molecule has 0 bridgehead atoms. The molecule has 0 aliphatic carbocycles. The van der Waals surface area contributed by atoms with E-state index in [1.54, 1.807) is 0 Å². The molecule has 174 valence electrons. The molecule has 0 radical (unpaired) electrons. The lowest BCUT2D eigenvalue weighted by Gasteiger charge is -2.43. The van der Waals surface area contributed by atoms with Crippen LogP contribution < -0.4 is 10.6 Å². The van der Waals surface area contributed by atoms with Crippen LogP contribution in [0.2, 0.25) is 0 Å². The summed E-state index contributed by atoms with van der Waals surface area (Å²) in [6.45, 7) is 2.64. The number of nitrogens with one attached hydrogen (secondary N) is 2. The zero-order chi connectivity index (χ0) is 23.9. The number of ketones is 1. The van der Waals surface area contributed by atoms with Crippen LogP contribution in [-0.2, 0) is 20.5 Å². The Morgan fingerprint density at radius 1 is 0.857 bits per heavy atom. The van der Waals surface area contributed by atoms with Crippen LogP contribution in [0.25, 0.3) is 0 Å². The van der Waals surface area contributed by atoms with Gasteiger partial charge in [-0.15, -0.1) is 0 Å². The number of fused-ring (bicyclic) bond motifs is 7. The van der Waals surface area contributed by atoms with Crippen molar-refractivity contribution in [3.8, 4) is 0 Å². The molecule has 4 aliphatic rings. The fourth-order valence-corrected chi connectivity index (χ4v) is 7.43. The van der Waals surface area contributed by atoms with Gasteiger partial charge in [0, 0.05) is 28.5 Å². The zero-order valence-electron chi connectivity index (χ0n) is 19.4. The van der Waals surface area contributed by atoms with E-state index in [0.717, 1.165) is 29.5 Å². The Hall–Kier alpha value is -3.77. The molecule has 3 aromatic carbocycles. The number of anilines is 2. The van der Waals surface area contributed by atoms with Crippen molar-refractivity contribution in [2.75, 3.05) is 17.2 Å². The number of amides is 2. The summed E-state index contributed by atoms with van der Waals surface area (Å²) in [6, 6.07) is 22.5. The smallest absolute Gasteiger partial charge is 0.251 e. The van der Waals surface area contributed by atoms with E-state index in [4.69, 9.17) is 0 Å². The highest BCUT2D eigenvalue weighted by atomic mass is 16.2. The molecular weight excluding hydrogens is 438 g/mol. The number of nitrogens with zero attached hydrogens (tertiary/aromatic N) is 1. The van der Waals surface area contributed by atoms with Gasteiger partial charge in [-0.25, -0.2) is 0 Å². The number of benzene rings is 3. The van der Waals surface area contributed by atoms with Gasteiger partial charge in [-0.05, 0) is 44.0 Å². The Kier molecular flexibility index (Phi) is 4.05. The molecule has 0 saturated carbocycles. The second-order valence-electron chi connectivity index (χ2n) is 10.1. The number of para-hydroxylation sites is 2. The van der Waals surface area contributed by atoms with Crippen molar-refractivity contribution in [2.45, 2.75) is 36.8 Å². The van der Waals surface area contributed by atoms with Crippen LogP contribution in [0.3, 0.4) is 0 Å². The molecule has 7 rings (SSSR count). The van der Waals surface area contributed by atoms with E-state index >= 15 is 0 Å². The summed E-state index contributed by atoms with van der Waals surface area (Å²) in [5.74, 6) is -1.28. The summed E-state index contributed by atoms with van der Waals surface area (Å²) in [5, 5.41) is 6.15. The van der Waals surface area contributed by atoms with Crippen molar-refractivity contribution < 1.29 is 14.4 Å². The van der Waals surface area contributed by atoms with Gasteiger partial charge in [-0.1, -0.05) is 66.2 Å². The monoisotopic (exact) mass is 463 g/mol. The van der Waals surface area contributed by atoms with Gasteiger partial charge in [0.05, 0.1) is 5.92 Å². The van der Waals surface area contributed by atoms with Crippen molar-refractivity contribution in [1.29, 1.82) is 0 Å². The maximum absolute atomic E-state index is 14.4. The van der Waals surface area contributed by atoms with E-state index in [1.807, 2.05) is 79.7 Å². The first-order valence-electron chi connectivity index (χ1n) is 12.2. The molecule has 2 saturated heterocycles. The normalized spacial score (nSPS) is 30.3. The highest BCUT2D eigenvalue weighted by Crippen LogP contribution is 2.67. The SMILES string of the molecule is Cc1ccc(C(=O)[C@@H]2[C@@H]3CCCN3[C@]3(C(=O)Nc4ccccc43)[C@@]23C(=O)Nc2ccccc23)cc1. The summed E-state index contributed by atoms with van der Waals surface area (Å²) >= 11 is 0. The van der Waals surface area contributed by atoms with E-state index in [9.17, 15) is 14.4 Å². The topological polar surface area (TPSA) is 78.5 Å². The summed E-state index contributed by atoms with van der Waals surface area (Å²) in [5.41, 5.74) is 1.86. The third kappa shape index (κ3) is 2.26. The van der Waals surface area contributed by atoms with Gasteiger partial charge in [-0.3, -0.25) is 19.3 Å². The Bertz CT molecular complexity index is 1430. The Labute approximate surface area is 203 Å². The minimum absolute atomic E-state index is 0.0807. The summed E-state index contributed by atoms with van der Waals surface area (Å²) in [6.07, 6.45) is 1.63. The van der Waals surface area contributed by atoms with Gasteiger partial charge < -0.3 is 10.6 Å². The van der Waals surface area contributed by atoms with Crippen molar-refractivity contribution in [3.63, 3.8) is 0 Å². The van der Waals surface area contributed by atoms with Gasteiger partial charge in [0.2, 0.25) is 5.91 Å². The molecule has 2 N–H and O–H groups in total. The predicted octanol–water partition coefficient (Wildman–Crippen LogP) is 4.01. The molecular formula is C29H25N3O3. The number of carbonyl (C=O) groups is 3. The molecule has 6 nitrogen and oxygen atoms in total. The van der Waals surface area contributed by atoms with Crippen LogP contribution in [0.5, 0.6) is 0 Å². The standard InChI is InChI=1S/C29H25N3O3/c1-17-12-14-18(15-13-17)25(33)24-23-11-6-16-32(23)29(20-8-3-5-10-22(20)31-27(29)35)28(24)19-7-2-4-9-21(19)30-26(28)34/h2-5,7-10,12-15,23-24H,6,11,16H2,1H3,(H,30,34)(H,31,35)/t23-,24-,28+,29+/m0/s1. The first kappa shape index (κ1) is 20.6. The number of hydrogen-bond donors (Lipinski definition) is 2. The number of rotatable bonds is 2. The summed E-state index contributed by atoms with van der Waals surface area (Å²) in [7, 11) is 0. The van der Waals surface area contributed by atoms with Gasteiger partial charge >= 0.3 is 0 Å². The predicted molar refractivity (Wildman–Crippen MR) is 132 cm³/mol. The van der Waals surface area contributed by atoms with E-state index in [2.05, 4.69) is 15.5 Å². The van der Waals surface area contributed by atoms with Crippen molar-refractivity contribution >= 4 is 29.0 Å². The zero-order valence-corrected chi connectivity index (χ0v) is 19.4. The Morgan fingerprint density at radius 2 is 1.49 bits per heavy atom. The first-order valence-corrected chi connectivity index (χ1v) is 12.2.